The van der Waals surface area contributed by atoms with Gasteiger partial charge in [0.25, 0.3) is 5.84 Å². The van der Waals surface area contributed by atoms with E-state index in [1.165, 1.54) is 25.2 Å². The molecule has 1 aliphatic carbocycles. The molecule has 0 aromatic carbocycles. The topological polar surface area (TPSA) is 49.9 Å². The van der Waals surface area contributed by atoms with Gasteiger partial charge in [0.1, 0.15) is 0 Å². The lowest BCUT2D eigenvalue weighted by Gasteiger charge is -2.08. The van der Waals surface area contributed by atoms with Gasteiger partial charge in [-0.1, -0.05) is 0 Å². The lowest BCUT2D eigenvalue weighted by atomic mass is 9.89. The van der Waals surface area contributed by atoms with Gasteiger partial charge < -0.3 is 5.73 Å². The zero-order valence-electron chi connectivity index (χ0n) is 5.61. The van der Waals surface area contributed by atoms with Crippen molar-refractivity contribution in [1.82, 2.24) is 0 Å². The molecule has 0 unspecified atom stereocenters. The Bertz CT molecular complexity index is 103. The van der Waals surface area contributed by atoms with Crippen LogP contribution in [-0.2, 0) is 0 Å². The molecule has 1 aliphatic rings. The molecule has 2 nitrogen and oxygen atoms in total. The van der Waals surface area contributed by atoms with Crippen LogP contribution in [0.3, 0.4) is 0 Å². The second-order valence-corrected chi connectivity index (χ2v) is 2.58. The van der Waals surface area contributed by atoms with Crippen molar-refractivity contribution in [3.63, 3.8) is 0 Å². The van der Waals surface area contributed by atoms with Gasteiger partial charge in [-0.25, -0.2) is 5.41 Å². The van der Waals surface area contributed by atoms with E-state index < -0.39 is 0 Å². The van der Waals surface area contributed by atoms with E-state index in [9.17, 15) is 0 Å². The molecule has 9 heavy (non-hydrogen) atoms. The monoisotopic (exact) mass is 125 g/mol. The van der Waals surface area contributed by atoms with E-state index in [1.54, 1.807) is 0 Å². The Labute approximate surface area is 55.9 Å². The van der Waals surface area contributed by atoms with E-state index in [-0.39, 0.29) is 0 Å². The molecule has 50 valence electrons. The maximum absolute atomic E-state index is 7.13. The van der Waals surface area contributed by atoms with Crippen molar-refractivity contribution < 1.29 is 0 Å². The van der Waals surface area contributed by atoms with E-state index in [2.05, 4.69) is 0 Å². The molecule has 1 saturated carbocycles. The summed E-state index contributed by atoms with van der Waals surface area (Å²) >= 11 is 0. The van der Waals surface area contributed by atoms with Gasteiger partial charge in [0.15, 0.2) is 5.92 Å². The Morgan fingerprint density at radius 1 is 1.22 bits per heavy atom. The molecule has 0 amide bonds. The standard InChI is InChI=1S/C7H13N2/c8-7(9)6-4-2-1-3-5-6/h1-5H2,(H3,8,9)/q+1. The van der Waals surface area contributed by atoms with Crippen molar-refractivity contribution in [1.29, 1.82) is 5.41 Å². The zero-order valence-corrected chi connectivity index (χ0v) is 5.61. The first-order valence-corrected chi connectivity index (χ1v) is 3.50. The second-order valence-electron chi connectivity index (χ2n) is 2.58. The average Bonchev–Trinajstić information content (AvgIpc) is 1.90. The Balaban J connectivity index is 2.31. The van der Waals surface area contributed by atoms with Gasteiger partial charge in [0.05, 0.1) is 12.8 Å². The summed E-state index contributed by atoms with van der Waals surface area (Å²) in [6.45, 7) is 0. The first kappa shape index (κ1) is 6.46. The highest BCUT2D eigenvalue weighted by Crippen LogP contribution is 2.24. The summed E-state index contributed by atoms with van der Waals surface area (Å²) in [5, 5.41) is 7.13. The molecule has 0 aromatic rings. The summed E-state index contributed by atoms with van der Waals surface area (Å²) in [7, 11) is 0. The Kier molecular flexibility index (Phi) is 1.98. The summed E-state index contributed by atoms with van der Waals surface area (Å²) in [5.74, 6) is 1.48. The molecule has 1 rings (SSSR count). The molecular formula is C7H13N2+. The van der Waals surface area contributed by atoms with Crippen molar-refractivity contribution in [2.24, 2.45) is 5.73 Å². The number of amidine groups is 1. The highest BCUT2D eigenvalue weighted by atomic mass is 14.7. The Morgan fingerprint density at radius 2 is 1.78 bits per heavy atom. The van der Waals surface area contributed by atoms with E-state index in [1.807, 2.05) is 0 Å². The third kappa shape index (κ3) is 1.63. The van der Waals surface area contributed by atoms with Crippen LogP contribution in [0.25, 0.3) is 0 Å². The van der Waals surface area contributed by atoms with Crippen molar-refractivity contribution in [3.8, 4) is 0 Å². The molecular weight excluding hydrogens is 112 g/mol. The maximum atomic E-state index is 7.13. The first-order valence-electron chi connectivity index (χ1n) is 3.50. The van der Waals surface area contributed by atoms with Crippen molar-refractivity contribution in [2.75, 3.05) is 0 Å². The van der Waals surface area contributed by atoms with Crippen LogP contribution in [0.1, 0.15) is 32.1 Å². The van der Waals surface area contributed by atoms with Gasteiger partial charge >= 0.3 is 0 Å². The van der Waals surface area contributed by atoms with Crippen LogP contribution in [0.15, 0.2) is 0 Å². The highest BCUT2D eigenvalue weighted by molar-refractivity contribution is 5.90. The second kappa shape index (κ2) is 2.76. The van der Waals surface area contributed by atoms with E-state index in [4.69, 9.17) is 11.1 Å². The molecule has 0 bridgehead atoms. The Hall–Kier alpha value is -0.660. The van der Waals surface area contributed by atoms with Gasteiger partial charge in [0, 0.05) is 0 Å². The quantitative estimate of drug-likeness (QED) is 0.311. The summed E-state index contributed by atoms with van der Waals surface area (Å²) in [5.41, 5.74) is 5.31. The molecule has 1 fully saturated rings. The van der Waals surface area contributed by atoms with Crippen LogP contribution >= 0.6 is 0 Å². The average molecular weight is 125 g/mol. The molecule has 0 aliphatic heterocycles. The number of hydrogen-bond acceptors (Lipinski definition) is 1. The SMILES string of the molecule is N=C(N)[C+]1CCCCC1. The number of nitrogens with one attached hydrogen (secondary N) is 1. The summed E-state index contributed by atoms with van der Waals surface area (Å²) in [4.78, 5) is 0. The van der Waals surface area contributed by atoms with Crippen LogP contribution in [0.5, 0.6) is 0 Å². The minimum absolute atomic E-state index is 0.315. The third-order valence-corrected chi connectivity index (χ3v) is 1.84. The van der Waals surface area contributed by atoms with E-state index in [0.717, 1.165) is 12.8 Å². The van der Waals surface area contributed by atoms with Gasteiger partial charge in [-0.05, 0) is 19.3 Å². The van der Waals surface area contributed by atoms with Gasteiger partial charge in [-0.2, -0.15) is 0 Å². The van der Waals surface area contributed by atoms with Gasteiger partial charge in [0.2, 0.25) is 0 Å². The van der Waals surface area contributed by atoms with Crippen LogP contribution in [0, 0.1) is 11.3 Å². The molecule has 0 atom stereocenters. The molecule has 2 heteroatoms. The summed E-state index contributed by atoms with van der Waals surface area (Å²) < 4.78 is 0. The number of hydrogen-bond donors (Lipinski definition) is 2. The fourth-order valence-corrected chi connectivity index (χ4v) is 1.25. The number of rotatable bonds is 1. The fourth-order valence-electron chi connectivity index (χ4n) is 1.25. The highest BCUT2D eigenvalue weighted by Gasteiger charge is 2.27. The lowest BCUT2D eigenvalue weighted by molar-refractivity contribution is 0.565. The van der Waals surface area contributed by atoms with E-state index >= 15 is 0 Å². The van der Waals surface area contributed by atoms with Crippen LogP contribution < -0.4 is 5.73 Å². The predicted octanol–water partition coefficient (Wildman–Crippen LogP) is 1.46. The largest absolute Gasteiger partial charge is 0.348 e. The molecule has 3 N–H and O–H groups in total. The van der Waals surface area contributed by atoms with Crippen molar-refractivity contribution >= 4 is 5.84 Å². The van der Waals surface area contributed by atoms with E-state index in [0.29, 0.717) is 5.84 Å². The molecule has 0 saturated heterocycles. The van der Waals surface area contributed by atoms with Crippen molar-refractivity contribution in [3.05, 3.63) is 5.92 Å². The minimum atomic E-state index is 0.315. The maximum Gasteiger partial charge on any atom is 0.284 e. The normalized spacial score (nSPS) is 19.8. The van der Waals surface area contributed by atoms with Crippen LogP contribution in [0.2, 0.25) is 0 Å². The van der Waals surface area contributed by atoms with Gasteiger partial charge in [-0.3, -0.25) is 0 Å². The molecule has 0 spiro atoms. The number of nitrogens with two attached hydrogens (primary N) is 1. The zero-order chi connectivity index (χ0) is 6.69. The lowest BCUT2D eigenvalue weighted by Crippen LogP contribution is -2.22. The third-order valence-electron chi connectivity index (χ3n) is 1.84. The van der Waals surface area contributed by atoms with Crippen LogP contribution in [0.4, 0.5) is 0 Å². The molecule has 0 radical (unpaired) electrons. The van der Waals surface area contributed by atoms with Crippen LogP contribution in [-0.4, -0.2) is 5.84 Å². The van der Waals surface area contributed by atoms with Gasteiger partial charge in [-0.15, -0.1) is 0 Å². The first-order chi connectivity index (χ1) is 4.30. The minimum Gasteiger partial charge on any atom is -0.348 e. The summed E-state index contributed by atoms with van der Waals surface area (Å²) in [6.07, 6.45) is 5.91. The fraction of sp³-hybridized carbons (Fsp3) is 0.714. The predicted molar refractivity (Wildman–Crippen MR) is 38.2 cm³/mol. The Morgan fingerprint density at radius 3 is 2.11 bits per heavy atom. The summed E-state index contributed by atoms with van der Waals surface area (Å²) in [6, 6.07) is 0. The smallest absolute Gasteiger partial charge is 0.284 e. The van der Waals surface area contributed by atoms with Crippen molar-refractivity contribution in [2.45, 2.75) is 32.1 Å². The molecule has 0 aromatic heterocycles. The molecule has 0 heterocycles.